The van der Waals surface area contributed by atoms with Gasteiger partial charge in [-0.1, -0.05) is 36.4 Å². The van der Waals surface area contributed by atoms with E-state index in [1.54, 1.807) is 49.4 Å². The van der Waals surface area contributed by atoms with Crippen molar-refractivity contribution in [2.24, 2.45) is 0 Å². The van der Waals surface area contributed by atoms with Crippen molar-refractivity contribution in [1.29, 1.82) is 0 Å². The van der Waals surface area contributed by atoms with Crippen LogP contribution in [0.4, 0.5) is 13.2 Å². The normalized spacial score (nSPS) is 21.4. The highest BCUT2D eigenvalue weighted by Gasteiger charge is 2.44. The summed E-state index contributed by atoms with van der Waals surface area (Å²) >= 11 is 0. The van der Waals surface area contributed by atoms with Gasteiger partial charge in [-0.2, -0.15) is 17.5 Å². The molecule has 11 heteroatoms. The molecule has 204 valence electrons. The minimum absolute atomic E-state index is 0.0890. The van der Waals surface area contributed by atoms with Crippen LogP contribution in [0.15, 0.2) is 53.4 Å². The van der Waals surface area contributed by atoms with E-state index in [0.717, 1.165) is 17.5 Å². The first-order valence-corrected chi connectivity index (χ1v) is 13.9. The molecule has 7 nitrogen and oxygen atoms in total. The number of hydrogen-bond donors (Lipinski definition) is 3. The summed E-state index contributed by atoms with van der Waals surface area (Å²) in [6, 6.07) is 13.9. The Morgan fingerprint density at radius 3 is 2.49 bits per heavy atom. The molecule has 2 aliphatic rings. The maximum Gasteiger partial charge on any atom is 0.401 e. The molecule has 4 rings (SSSR count). The average molecular weight is 542 g/mol. The van der Waals surface area contributed by atoms with E-state index < -0.39 is 28.8 Å². The smallest absolute Gasteiger partial charge is 0.392 e. The molecule has 1 unspecified atom stereocenters. The summed E-state index contributed by atoms with van der Waals surface area (Å²) in [5.74, 6) is 0. The maximum absolute atomic E-state index is 13.4. The number of nitrogens with one attached hydrogen (secondary N) is 2. The van der Waals surface area contributed by atoms with Crippen LogP contribution in [0.3, 0.4) is 0 Å². The van der Waals surface area contributed by atoms with Gasteiger partial charge in [0, 0.05) is 32.2 Å². The van der Waals surface area contributed by atoms with Crippen LogP contribution < -0.4 is 10.6 Å². The van der Waals surface area contributed by atoms with Crippen LogP contribution in [-0.2, 0) is 21.3 Å². The van der Waals surface area contributed by atoms with E-state index in [9.17, 15) is 26.7 Å². The lowest BCUT2D eigenvalue weighted by molar-refractivity contribution is -0.125. The Balaban J connectivity index is 1.37. The zero-order chi connectivity index (χ0) is 26.7. The number of halogens is 3. The van der Waals surface area contributed by atoms with Crippen molar-refractivity contribution in [3.8, 4) is 11.1 Å². The summed E-state index contributed by atoms with van der Waals surface area (Å²) in [5.41, 5.74) is 1.87. The Morgan fingerprint density at radius 1 is 1.14 bits per heavy atom. The van der Waals surface area contributed by atoms with Gasteiger partial charge >= 0.3 is 6.18 Å². The van der Waals surface area contributed by atoms with Crippen LogP contribution >= 0.6 is 0 Å². The van der Waals surface area contributed by atoms with Crippen LogP contribution in [-0.4, -0.2) is 74.5 Å². The molecule has 37 heavy (non-hydrogen) atoms. The van der Waals surface area contributed by atoms with Crippen molar-refractivity contribution in [3.63, 3.8) is 0 Å². The molecular formula is C26H34F3N3O4S. The first kappa shape index (κ1) is 28.0. The molecule has 2 atom stereocenters. The number of hydrogen-bond acceptors (Lipinski definition) is 6. The third kappa shape index (κ3) is 7.30. The molecule has 0 amide bonds. The predicted octanol–water partition coefficient (Wildman–Crippen LogP) is 3.29. The van der Waals surface area contributed by atoms with Crippen molar-refractivity contribution in [1.82, 2.24) is 14.9 Å². The summed E-state index contributed by atoms with van der Waals surface area (Å²) in [5, 5.41) is 15.2. The molecule has 2 saturated heterocycles. The van der Waals surface area contributed by atoms with E-state index in [0.29, 0.717) is 44.6 Å². The van der Waals surface area contributed by atoms with Crippen LogP contribution in [0.5, 0.6) is 0 Å². The minimum atomic E-state index is -4.26. The second-order valence-corrected chi connectivity index (χ2v) is 11.9. The molecule has 2 aliphatic heterocycles. The van der Waals surface area contributed by atoms with E-state index >= 15 is 0 Å². The van der Waals surface area contributed by atoms with Crippen molar-refractivity contribution in [3.05, 3.63) is 54.1 Å². The fourth-order valence-corrected chi connectivity index (χ4v) is 6.43. The number of piperidine rings is 1. The molecular weight excluding hydrogens is 507 g/mol. The second-order valence-electron chi connectivity index (χ2n) is 10.00. The number of alkyl halides is 3. The number of rotatable bonds is 9. The molecule has 1 spiro atoms. The predicted molar refractivity (Wildman–Crippen MR) is 134 cm³/mol. The number of aliphatic hydroxyl groups excluding tert-OH is 1. The van der Waals surface area contributed by atoms with Gasteiger partial charge in [-0.25, -0.2) is 8.42 Å². The number of nitrogens with zero attached hydrogens (tertiary/aromatic N) is 1. The first-order valence-electron chi connectivity index (χ1n) is 12.5. The Labute approximate surface area is 216 Å². The van der Waals surface area contributed by atoms with E-state index in [1.807, 2.05) is 6.07 Å². The molecule has 2 heterocycles. The highest BCUT2D eigenvalue weighted by molar-refractivity contribution is 7.89. The van der Waals surface area contributed by atoms with Gasteiger partial charge in [-0.15, -0.1) is 0 Å². The lowest BCUT2D eigenvalue weighted by Crippen LogP contribution is -2.47. The monoisotopic (exact) mass is 541 g/mol. The highest BCUT2D eigenvalue weighted by atomic mass is 32.2. The summed E-state index contributed by atoms with van der Waals surface area (Å²) in [4.78, 5) is 0.209. The summed E-state index contributed by atoms with van der Waals surface area (Å²) in [7, 11) is -3.70. The Kier molecular flexibility index (Phi) is 8.61. The van der Waals surface area contributed by atoms with Crippen molar-refractivity contribution < 1.29 is 31.4 Å². The first-order chi connectivity index (χ1) is 17.5. The van der Waals surface area contributed by atoms with Crippen molar-refractivity contribution >= 4 is 10.0 Å². The minimum Gasteiger partial charge on any atom is -0.392 e. The lowest BCUT2D eigenvalue weighted by Gasteiger charge is -2.38. The van der Waals surface area contributed by atoms with Crippen LogP contribution in [0, 0.1) is 0 Å². The molecule has 0 saturated carbocycles. The van der Waals surface area contributed by atoms with Crippen LogP contribution in [0.1, 0.15) is 31.7 Å². The van der Waals surface area contributed by atoms with Crippen LogP contribution in [0.2, 0.25) is 0 Å². The van der Waals surface area contributed by atoms with Gasteiger partial charge in [0.2, 0.25) is 10.0 Å². The number of benzene rings is 2. The van der Waals surface area contributed by atoms with E-state index in [2.05, 4.69) is 10.6 Å². The summed E-state index contributed by atoms with van der Waals surface area (Å²) < 4.78 is 71.4. The van der Waals surface area contributed by atoms with Gasteiger partial charge in [0.05, 0.1) is 29.8 Å². The highest BCUT2D eigenvalue weighted by Crippen LogP contribution is 2.37. The Morgan fingerprint density at radius 2 is 1.84 bits per heavy atom. The van der Waals surface area contributed by atoms with Gasteiger partial charge in [-0.3, -0.25) is 0 Å². The SMILES string of the molecule is CC(O)CN[C@@H]1COC2(CCN(S(=O)(=O)c3cccc(-c4ccc(CNCC(F)(F)F)cc4)c3)CC2)C1. The van der Waals surface area contributed by atoms with Gasteiger partial charge in [0.15, 0.2) is 0 Å². The zero-order valence-corrected chi connectivity index (χ0v) is 21.6. The molecule has 0 radical (unpaired) electrons. The fourth-order valence-electron chi connectivity index (χ4n) is 4.94. The van der Waals surface area contributed by atoms with Crippen molar-refractivity contribution in [2.45, 2.75) is 61.5 Å². The average Bonchev–Trinajstić information content (AvgIpc) is 3.25. The van der Waals surface area contributed by atoms with E-state index in [1.165, 1.54) is 4.31 Å². The topological polar surface area (TPSA) is 90.9 Å². The second kappa shape index (κ2) is 11.4. The van der Waals surface area contributed by atoms with Crippen molar-refractivity contribution in [2.75, 3.05) is 32.8 Å². The quantitative estimate of drug-likeness (QED) is 0.452. The molecule has 2 fully saturated rings. The molecule has 2 aromatic carbocycles. The largest absolute Gasteiger partial charge is 0.401 e. The lowest BCUT2D eigenvalue weighted by atomic mass is 9.88. The number of aliphatic hydroxyl groups is 1. The van der Waals surface area contributed by atoms with Gasteiger partial charge < -0.3 is 20.5 Å². The van der Waals surface area contributed by atoms with E-state index in [4.69, 9.17) is 4.74 Å². The molecule has 3 N–H and O–H groups in total. The molecule has 2 aromatic rings. The Bertz CT molecular complexity index is 1150. The number of ether oxygens (including phenoxy) is 1. The van der Waals surface area contributed by atoms with Gasteiger partial charge in [0.1, 0.15) is 0 Å². The third-order valence-corrected chi connectivity index (χ3v) is 8.85. The molecule has 0 aromatic heterocycles. The molecule has 0 bridgehead atoms. The molecule has 0 aliphatic carbocycles. The van der Waals surface area contributed by atoms with Crippen LogP contribution in [0.25, 0.3) is 11.1 Å². The van der Waals surface area contributed by atoms with E-state index in [-0.39, 0.29) is 23.1 Å². The van der Waals surface area contributed by atoms with Gasteiger partial charge in [-0.05, 0) is 55.0 Å². The number of sulfonamides is 1. The standard InChI is InChI=1S/C26H34F3N3O4S/c1-19(33)15-31-23-14-25(36-17-23)9-11-32(12-10-25)37(34,35)24-4-2-3-22(13-24)21-7-5-20(6-8-21)16-30-18-26(27,28)29/h2-8,13,19,23,30-31,33H,9-12,14-18H2,1H3/t19?,23-/m0/s1. The third-order valence-electron chi connectivity index (χ3n) is 6.96. The summed E-state index contributed by atoms with van der Waals surface area (Å²) in [6.07, 6.45) is -2.67. The summed E-state index contributed by atoms with van der Waals surface area (Å²) in [6.45, 7) is 2.55. The Hall–Kier alpha value is -2.02. The van der Waals surface area contributed by atoms with Gasteiger partial charge in [0.25, 0.3) is 0 Å². The fraction of sp³-hybridized carbons (Fsp3) is 0.538. The zero-order valence-electron chi connectivity index (χ0n) is 20.8. The maximum atomic E-state index is 13.4.